The Morgan fingerprint density at radius 2 is 1.94 bits per heavy atom. The minimum atomic E-state index is 0.564. The summed E-state index contributed by atoms with van der Waals surface area (Å²) in [5.74, 6) is 0.873. The van der Waals surface area contributed by atoms with Gasteiger partial charge in [0.1, 0.15) is 5.75 Å². The summed E-state index contributed by atoms with van der Waals surface area (Å²) >= 11 is 0. The molecule has 1 aromatic carbocycles. The topological polar surface area (TPSA) is 40.2 Å². The molecule has 3 heteroatoms. The number of benzene rings is 1. The Labute approximate surface area is 102 Å². The first-order valence-corrected chi connectivity index (χ1v) is 5.70. The third-order valence-corrected chi connectivity index (χ3v) is 3.08. The van der Waals surface area contributed by atoms with Crippen LogP contribution in [0.5, 0.6) is 5.75 Å². The number of ether oxygens (including phenoxy) is 1. The van der Waals surface area contributed by atoms with E-state index in [9.17, 15) is 0 Å². The average Bonchev–Trinajstić information content (AvgIpc) is 2.64. The number of para-hydroxylation sites is 2. The van der Waals surface area contributed by atoms with E-state index in [1.807, 2.05) is 18.2 Å². The summed E-state index contributed by atoms with van der Waals surface area (Å²) < 4.78 is 7.58. The Hall–Kier alpha value is -1.74. The van der Waals surface area contributed by atoms with Gasteiger partial charge in [-0.25, -0.2) is 0 Å². The number of nitrogens with zero attached hydrogens (tertiary/aromatic N) is 1. The van der Waals surface area contributed by atoms with E-state index < -0.39 is 0 Å². The molecule has 2 N–H and O–H groups in total. The van der Waals surface area contributed by atoms with Crippen LogP contribution in [0.3, 0.4) is 0 Å². The summed E-state index contributed by atoms with van der Waals surface area (Å²) in [6.07, 6.45) is 0. The highest BCUT2D eigenvalue weighted by Gasteiger charge is 2.12. The summed E-state index contributed by atoms with van der Waals surface area (Å²) in [5.41, 5.74) is 10.3. The number of aromatic nitrogens is 1. The number of nitrogens with two attached hydrogens (primary N) is 1. The van der Waals surface area contributed by atoms with Gasteiger partial charge in [-0.05, 0) is 37.6 Å². The van der Waals surface area contributed by atoms with Crippen LogP contribution in [0.25, 0.3) is 5.69 Å². The maximum Gasteiger partial charge on any atom is 0.142 e. The lowest BCUT2D eigenvalue weighted by Crippen LogP contribution is -2.03. The van der Waals surface area contributed by atoms with Crippen molar-refractivity contribution >= 4 is 0 Å². The zero-order valence-corrected chi connectivity index (χ0v) is 10.5. The largest absolute Gasteiger partial charge is 0.495 e. The molecule has 0 atom stereocenters. The van der Waals surface area contributed by atoms with Gasteiger partial charge in [0.2, 0.25) is 0 Å². The van der Waals surface area contributed by atoms with Gasteiger partial charge in [0, 0.05) is 17.9 Å². The molecule has 90 valence electrons. The molecule has 0 amide bonds. The first-order chi connectivity index (χ1) is 8.19. The van der Waals surface area contributed by atoms with Crippen LogP contribution < -0.4 is 10.5 Å². The van der Waals surface area contributed by atoms with Crippen LogP contribution in [0, 0.1) is 13.8 Å². The maximum atomic E-state index is 5.74. The van der Waals surface area contributed by atoms with Crippen molar-refractivity contribution in [2.75, 3.05) is 7.11 Å². The molecule has 2 aromatic rings. The summed E-state index contributed by atoms with van der Waals surface area (Å²) in [5, 5.41) is 0. The van der Waals surface area contributed by atoms with E-state index in [2.05, 4.69) is 30.5 Å². The van der Waals surface area contributed by atoms with Gasteiger partial charge in [-0.2, -0.15) is 0 Å². The molecule has 0 radical (unpaired) electrons. The quantitative estimate of drug-likeness (QED) is 0.880. The Balaban J connectivity index is 2.64. The van der Waals surface area contributed by atoms with Crippen molar-refractivity contribution in [1.29, 1.82) is 0 Å². The van der Waals surface area contributed by atoms with E-state index in [4.69, 9.17) is 10.5 Å². The second kappa shape index (κ2) is 4.63. The van der Waals surface area contributed by atoms with E-state index in [-0.39, 0.29) is 0 Å². The van der Waals surface area contributed by atoms with Gasteiger partial charge in [0.15, 0.2) is 0 Å². The molecule has 0 saturated carbocycles. The number of aryl methyl sites for hydroxylation is 1. The van der Waals surface area contributed by atoms with Crippen molar-refractivity contribution in [3.05, 3.63) is 47.3 Å². The molecular formula is C14H18N2O. The molecule has 17 heavy (non-hydrogen) atoms. The average molecular weight is 230 g/mol. The fourth-order valence-electron chi connectivity index (χ4n) is 2.22. The van der Waals surface area contributed by atoms with Crippen LogP contribution in [0.2, 0.25) is 0 Å². The lowest BCUT2D eigenvalue weighted by Gasteiger charge is -2.13. The summed E-state index contributed by atoms with van der Waals surface area (Å²) in [6, 6.07) is 10.1. The molecular weight excluding hydrogens is 212 g/mol. The second-order valence-corrected chi connectivity index (χ2v) is 4.11. The molecule has 0 aliphatic heterocycles. The normalized spacial score (nSPS) is 10.6. The standard InChI is InChI=1S/C14H18N2O/c1-10-8-12(9-15)11(2)16(10)13-6-4-5-7-14(13)17-3/h4-8H,9,15H2,1-3H3. The van der Waals surface area contributed by atoms with Gasteiger partial charge in [-0.15, -0.1) is 0 Å². The fourth-order valence-corrected chi connectivity index (χ4v) is 2.22. The molecule has 1 heterocycles. The Morgan fingerprint density at radius 1 is 1.24 bits per heavy atom. The zero-order chi connectivity index (χ0) is 12.4. The summed E-state index contributed by atoms with van der Waals surface area (Å²) in [7, 11) is 1.69. The molecule has 2 rings (SSSR count). The van der Waals surface area contributed by atoms with Crippen LogP contribution in [-0.4, -0.2) is 11.7 Å². The van der Waals surface area contributed by atoms with Crippen LogP contribution in [0.1, 0.15) is 17.0 Å². The van der Waals surface area contributed by atoms with Gasteiger partial charge in [0.25, 0.3) is 0 Å². The third kappa shape index (κ3) is 1.94. The predicted octanol–water partition coefficient (Wildman–Crippen LogP) is 2.56. The number of hydrogen-bond donors (Lipinski definition) is 1. The van der Waals surface area contributed by atoms with E-state index >= 15 is 0 Å². The first kappa shape index (κ1) is 11.7. The van der Waals surface area contributed by atoms with Crippen molar-refractivity contribution < 1.29 is 4.74 Å². The van der Waals surface area contributed by atoms with Crippen molar-refractivity contribution in [1.82, 2.24) is 4.57 Å². The summed E-state index contributed by atoms with van der Waals surface area (Å²) in [4.78, 5) is 0. The van der Waals surface area contributed by atoms with Gasteiger partial charge in [0.05, 0.1) is 12.8 Å². The molecule has 1 aromatic heterocycles. The lowest BCUT2D eigenvalue weighted by molar-refractivity contribution is 0.412. The highest BCUT2D eigenvalue weighted by Crippen LogP contribution is 2.27. The lowest BCUT2D eigenvalue weighted by atomic mass is 10.2. The fraction of sp³-hybridized carbons (Fsp3) is 0.286. The first-order valence-electron chi connectivity index (χ1n) is 5.70. The number of hydrogen-bond acceptors (Lipinski definition) is 2. The molecule has 0 fully saturated rings. The molecule has 0 aliphatic rings. The molecule has 0 saturated heterocycles. The minimum absolute atomic E-state index is 0.564. The Kier molecular flexibility index (Phi) is 3.20. The Morgan fingerprint density at radius 3 is 2.53 bits per heavy atom. The van der Waals surface area contributed by atoms with E-state index in [0.717, 1.165) is 11.4 Å². The van der Waals surface area contributed by atoms with E-state index in [0.29, 0.717) is 6.54 Å². The van der Waals surface area contributed by atoms with Crippen LogP contribution in [0.15, 0.2) is 30.3 Å². The highest BCUT2D eigenvalue weighted by atomic mass is 16.5. The van der Waals surface area contributed by atoms with Crippen LogP contribution in [-0.2, 0) is 6.54 Å². The van der Waals surface area contributed by atoms with Crippen LogP contribution >= 0.6 is 0 Å². The van der Waals surface area contributed by atoms with Gasteiger partial charge >= 0.3 is 0 Å². The zero-order valence-electron chi connectivity index (χ0n) is 10.5. The Bertz CT molecular complexity index is 529. The maximum absolute atomic E-state index is 5.74. The molecule has 0 unspecified atom stereocenters. The van der Waals surface area contributed by atoms with Gasteiger partial charge < -0.3 is 15.0 Å². The van der Waals surface area contributed by atoms with Crippen molar-refractivity contribution in [2.24, 2.45) is 5.73 Å². The van der Waals surface area contributed by atoms with Crippen LogP contribution in [0.4, 0.5) is 0 Å². The highest BCUT2D eigenvalue weighted by molar-refractivity contribution is 5.50. The van der Waals surface area contributed by atoms with E-state index in [1.165, 1.54) is 17.0 Å². The smallest absolute Gasteiger partial charge is 0.142 e. The molecule has 0 aliphatic carbocycles. The van der Waals surface area contributed by atoms with E-state index in [1.54, 1.807) is 7.11 Å². The van der Waals surface area contributed by atoms with Gasteiger partial charge in [-0.1, -0.05) is 12.1 Å². The molecule has 0 spiro atoms. The van der Waals surface area contributed by atoms with Gasteiger partial charge in [-0.3, -0.25) is 0 Å². The second-order valence-electron chi connectivity index (χ2n) is 4.11. The summed E-state index contributed by atoms with van der Waals surface area (Å²) in [6.45, 7) is 4.73. The molecule has 3 nitrogen and oxygen atoms in total. The molecule has 0 bridgehead atoms. The minimum Gasteiger partial charge on any atom is -0.495 e. The predicted molar refractivity (Wildman–Crippen MR) is 69.7 cm³/mol. The third-order valence-electron chi connectivity index (χ3n) is 3.08. The van der Waals surface area contributed by atoms with Crippen molar-refractivity contribution in [3.8, 4) is 11.4 Å². The SMILES string of the molecule is COc1ccccc1-n1c(C)cc(CN)c1C. The number of rotatable bonds is 3. The van der Waals surface area contributed by atoms with Crippen molar-refractivity contribution in [3.63, 3.8) is 0 Å². The monoisotopic (exact) mass is 230 g/mol. The van der Waals surface area contributed by atoms with Crippen molar-refractivity contribution in [2.45, 2.75) is 20.4 Å². The number of methoxy groups -OCH3 is 1.